The number of nitrogen functional groups attached to an aromatic ring is 2. The van der Waals surface area contributed by atoms with Gasteiger partial charge in [0, 0.05) is 11.6 Å². The van der Waals surface area contributed by atoms with Crippen LogP contribution in [-0.4, -0.2) is 19.1 Å². The number of rotatable bonds is 4. The molecule has 0 atom stereocenters. The molecule has 0 bridgehead atoms. The maximum Gasteiger partial charge on any atom is 0.573 e. The molecule has 5 nitrogen and oxygen atoms in total. The number of nitrogens with two attached hydrogens (primary N) is 2. The molecule has 0 heterocycles. The summed E-state index contributed by atoms with van der Waals surface area (Å²) in [6, 6.07) is 3.14. The topological polar surface area (TPSA) is 79.7 Å². The summed E-state index contributed by atoms with van der Waals surface area (Å²) in [5.74, 6) is -3.19. The summed E-state index contributed by atoms with van der Waals surface area (Å²) in [6.45, 7) is 0. The van der Waals surface area contributed by atoms with Gasteiger partial charge in [0.1, 0.15) is 5.75 Å². The third-order valence-corrected chi connectivity index (χ3v) is 3.11. The van der Waals surface area contributed by atoms with Crippen LogP contribution in [0.4, 0.5) is 50.9 Å². The van der Waals surface area contributed by atoms with Crippen molar-refractivity contribution >= 4 is 11.4 Å². The molecule has 160 valence electrons. The second-order valence-corrected chi connectivity index (χ2v) is 5.28. The van der Waals surface area contributed by atoms with E-state index in [1.807, 2.05) is 0 Å². The highest BCUT2D eigenvalue weighted by Crippen LogP contribution is 2.43. The summed E-state index contributed by atoms with van der Waals surface area (Å²) in [6.07, 6.45) is -15.7. The van der Waals surface area contributed by atoms with Crippen molar-refractivity contribution in [2.24, 2.45) is 0 Å². The lowest BCUT2D eigenvalue weighted by atomic mass is 10.0. The summed E-state index contributed by atoms with van der Waals surface area (Å²) >= 11 is 0. The van der Waals surface area contributed by atoms with Crippen molar-refractivity contribution in [1.82, 2.24) is 0 Å². The first-order valence-electron chi connectivity index (χ1n) is 7.15. The Kier molecular flexibility index (Phi) is 5.59. The molecule has 4 N–H and O–H groups in total. The SMILES string of the molecule is Nc1ccc(-c2cc(OC(F)(F)F)c(N)cc2OC(F)(F)F)cc1OC(F)(F)F. The Morgan fingerprint density at radius 3 is 1.48 bits per heavy atom. The van der Waals surface area contributed by atoms with Gasteiger partial charge in [-0.25, -0.2) is 0 Å². The molecule has 2 aromatic carbocycles. The molecule has 29 heavy (non-hydrogen) atoms. The Bertz CT molecular complexity index is 892. The summed E-state index contributed by atoms with van der Waals surface area (Å²) < 4.78 is 124. The summed E-state index contributed by atoms with van der Waals surface area (Å²) in [7, 11) is 0. The molecule has 0 aromatic heterocycles. The van der Waals surface area contributed by atoms with Crippen LogP contribution in [-0.2, 0) is 0 Å². The quantitative estimate of drug-likeness (QED) is 0.508. The minimum Gasteiger partial charge on any atom is -0.405 e. The fourth-order valence-corrected chi connectivity index (χ4v) is 2.14. The van der Waals surface area contributed by atoms with Crippen LogP contribution in [0.2, 0.25) is 0 Å². The number of ether oxygens (including phenoxy) is 3. The predicted octanol–water partition coefficient (Wildman–Crippen LogP) is 5.21. The average molecular weight is 436 g/mol. The van der Waals surface area contributed by atoms with Gasteiger partial charge in [0.05, 0.1) is 11.4 Å². The van der Waals surface area contributed by atoms with E-state index in [-0.39, 0.29) is 0 Å². The van der Waals surface area contributed by atoms with Gasteiger partial charge in [-0.2, -0.15) is 0 Å². The van der Waals surface area contributed by atoms with E-state index < -0.39 is 58.8 Å². The molecule has 0 spiro atoms. The number of benzene rings is 2. The fraction of sp³-hybridized carbons (Fsp3) is 0.200. The van der Waals surface area contributed by atoms with Crippen LogP contribution >= 0.6 is 0 Å². The lowest BCUT2D eigenvalue weighted by Gasteiger charge is -2.18. The molecule has 0 aliphatic carbocycles. The van der Waals surface area contributed by atoms with Crippen LogP contribution in [0.1, 0.15) is 0 Å². The van der Waals surface area contributed by atoms with E-state index in [0.29, 0.717) is 18.2 Å². The fourth-order valence-electron chi connectivity index (χ4n) is 2.14. The third-order valence-electron chi connectivity index (χ3n) is 3.11. The molecule has 0 aliphatic heterocycles. The molecule has 0 fully saturated rings. The molecule has 0 radical (unpaired) electrons. The van der Waals surface area contributed by atoms with Crippen molar-refractivity contribution in [2.75, 3.05) is 11.5 Å². The number of halogens is 9. The third kappa shape index (κ3) is 6.43. The summed E-state index contributed by atoms with van der Waals surface area (Å²) in [4.78, 5) is 0. The molecule has 2 rings (SSSR count). The smallest absolute Gasteiger partial charge is 0.405 e. The Morgan fingerprint density at radius 2 is 1.00 bits per heavy atom. The standard InChI is InChI=1S/C15H9F9N2O3/c16-13(17,18)27-10-5-9(26)12(29-15(22,23)24)4-7(10)6-1-2-8(25)11(3-6)28-14(19,20)21/h1-5H,25-26H2. The first-order valence-corrected chi connectivity index (χ1v) is 7.15. The van der Waals surface area contributed by atoms with Gasteiger partial charge in [0.25, 0.3) is 0 Å². The minimum absolute atomic E-state index is 0.380. The van der Waals surface area contributed by atoms with E-state index in [1.165, 1.54) is 0 Å². The lowest BCUT2D eigenvalue weighted by Crippen LogP contribution is -2.20. The van der Waals surface area contributed by atoms with Crippen LogP contribution in [0, 0.1) is 0 Å². The second kappa shape index (κ2) is 7.33. The highest BCUT2D eigenvalue weighted by Gasteiger charge is 2.36. The van der Waals surface area contributed by atoms with Gasteiger partial charge in [0.2, 0.25) is 0 Å². The molecule has 0 saturated heterocycles. The van der Waals surface area contributed by atoms with Gasteiger partial charge in [-0.3, -0.25) is 0 Å². The maximum atomic E-state index is 12.6. The molecular weight excluding hydrogens is 427 g/mol. The van der Waals surface area contributed by atoms with Crippen molar-refractivity contribution in [2.45, 2.75) is 19.1 Å². The predicted molar refractivity (Wildman–Crippen MR) is 80.8 cm³/mol. The number of hydrogen-bond donors (Lipinski definition) is 2. The van der Waals surface area contributed by atoms with Crippen molar-refractivity contribution in [3.63, 3.8) is 0 Å². The number of alkyl halides is 9. The molecule has 14 heteroatoms. The summed E-state index contributed by atoms with van der Waals surface area (Å²) in [5, 5.41) is 0. The van der Waals surface area contributed by atoms with Crippen molar-refractivity contribution in [1.29, 1.82) is 0 Å². The Morgan fingerprint density at radius 1 is 0.552 bits per heavy atom. The van der Waals surface area contributed by atoms with Gasteiger partial charge >= 0.3 is 19.1 Å². The number of hydrogen-bond acceptors (Lipinski definition) is 5. The van der Waals surface area contributed by atoms with Gasteiger partial charge in [-0.1, -0.05) is 6.07 Å². The highest BCUT2D eigenvalue weighted by molar-refractivity contribution is 5.79. The largest absolute Gasteiger partial charge is 0.573 e. The zero-order valence-corrected chi connectivity index (χ0v) is 13.7. The van der Waals surface area contributed by atoms with Crippen molar-refractivity contribution in [3.8, 4) is 28.4 Å². The van der Waals surface area contributed by atoms with Crippen molar-refractivity contribution < 1.29 is 53.7 Å². The second-order valence-electron chi connectivity index (χ2n) is 5.28. The van der Waals surface area contributed by atoms with Gasteiger partial charge in [-0.05, 0) is 23.8 Å². The van der Waals surface area contributed by atoms with Crippen LogP contribution in [0.15, 0.2) is 30.3 Å². The lowest BCUT2D eigenvalue weighted by molar-refractivity contribution is -0.276. The van der Waals surface area contributed by atoms with E-state index >= 15 is 0 Å². The molecule has 0 saturated carbocycles. The van der Waals surface area contributed by atoms with E-state index in [4.69, 9.17) is 11.5 Å². The van der Waals surface area contributed by atoms with Gasteiger partial charge in [-0.15, -0.1) is 39.5 Å². The minimum atomic E-state index is -5.29. The first kappa shape index (κ1) is 22.1. The van der Waals surface area contributed by atoms with E-state index in [2.05, 4.69) is 14.2 Å². The normalized spacial score (nSPS) is 12.6. The zero-order chi connectivity index (χ0) is 22.2. The molecule has 0 unspecified atom stereocenters. The van der Waals surface area contributed by atoms with Crippen LogP contribution < -0.4 is 25.7 Å². The monoisotopic (exact) mass is 436 g/mol. The average Bonchev–Trinajstić information content (AvgIpc) is 2.48. The molecule has 2 aromatic rings. The van der Waals surface area contributed by atoms with Crippen molar-refractivity contribution in [3.05, 3.63) is 30.3 Å². The first-order chi connectivity index (χ1) is 13.0. The van der Waals surface area contributed by atoms with E-state index in [9.17, 15) is 39.5 Å². The highest BCUT2D eigenvalue weighted by atomic mass is 19.4. The molecular formula is C15H9F9N2O3. The Labute approximate surface area is 155 Å². The van der Waals surface area contributed by atoms with Crippen LogP contribution in [0.25, 0.3) is 11.1 Å². The Hall–Kier alpha value is -3.19. The van der Waals surface area contributed by atoms with Crippen LogP contribution in [0.3, 0.4) is 0 Å². The molecule has 0 aliphatic rings. The van der Waals surface area contributed by atoms with Gasteiger partial charge in [0.15, 0.2) is 11.5 Å². The Balaban J connectivity index is 2.64. The molecule has 0 amide bonds. The van der Waals surface area contributed by atoms with E-state index in [0.717, 1.165) is 12.1 Å². The van der Waals surface area contributed by atoms with Crippen LogP contribution in [0.5, 0.6) is 17.2 Å². The summed E-state index contributed by atoms with van der Waals surface area (Å²) in [5.41, 5.74) is 8.01. The number of anilines is 2. The maximum absolute atomic E-state index is 12.6. The van der Waals surface area contributed by atoms with Gasteiger partial charge < -0.3 is 25.7 Å². The zero-order valence-electron chi connectivity index (χ0n) is 13.7. The van der Waals surface area contributed by atoms with E-state index in [1.54, 1.807) is 0 Å².